The van der Waals surface area contributed by atoms with Crippen LogP contribution in [0.25, 0.3) is 0 Å². The Morgan fingerprint density at radius 1 is 1.50 bits per heavy atom. The predicted octanol–water partition coefficient (Wildman–Crippen LogP) is 2.07. The van der Waals surface area contributed by atoms with E-state index in [2.05, 4.69) is 25.9 Å². The molecule has 0 spiro atoms. The van der Waals surface area contributed by atoms with Crippen LogP contribution in [0.3, 0.4) is 0 Å². The number of hydrogen-bond donors (Lipinski definition) is 1. The molecule has 0 radical (unpaired) electrons. The molecule has 0 saturated carbocycles. The summed E-state index contributed by atoms with van der Waals surface area (Å²) in [5.74, 6) is 0.500. The van der Waals surface area contributed by atoms with Crippen molar-refractivity contribution in [2.45, 2.75) is 25.9 Å². The van der Waals surface area contributed by atoms with Crippen molar-refractivity contribution in [2.75, 3.05) is 0 Å². The number of aliphatic hydroxyl groups excluding tert-OH is 1. The second kappa shape index (κ2) is 4.52. The Labute approximate surface area is 80.0 Å². The van der Waals surface area contributed by atoms with Gasteiger partial charge < -0.3 is 5.11 Å². The first-order valence-electron chi connectivity index (χ1n) is 3.89. The van der Waals surface area contributed by atoms with Gasteiger partial charge in [-0.25, -0.2) is 9.97 Å². The molecule has 4 heteroatoms. The Bertz CT molecular complexity index is 237. The average molecular weight is 231 g/mol. The summed E-state index contributed by atoms with van der Waals surface area (Å²) in [6, 6.07) is 0. The summed E-state index contributed by atoms with van der Waals surface area (Å²) < 4.78 is 0.829. The minimum absolute atomic E-state index is 0.500. The summed E-state index contributed by atoms with van der Waals surface area (Å²) >= 11 is 3.23. The Morgan fingerprint density at radius 2 is 2.08 bits per heavy atom. The zero-order valence-corrected chi connectivity index (χ0v) is 8.45. The second-order valence-electron chi connectivity index (χ2n) is 2.56. The quantitative estimate of drug-likeness (QED) is 0.866. The van der Waals surface area contributed by atoms with Crippen LogP contribution in [0.5, 0.6) is 0 Å². The maximum atomic E-state index is 9.47. The van der Waals surface area contributed by atoms with Gasteiger partial charge in [-0.3, -0.25) is 0 Å². The zero-order chi connectivity index (χ0) is 8.97. The normalized spacial score (nSPS) is 12.9. The molecule has 12 heavy (non-hydrogen) atoms. The van der Waals surface area contributed by atoms with Crippen LogP contribution < -0.4 is 0 Å². The minimum Gasteiger partial charge on any atom is -0.385 e. The number of aromatic nitrogens is 2. The summed E-state index contributed by atoms with van der Waals surface area (Å²) in [6.45, 7) is 2.02. The Balaban J connectivity index is 2.68. The first-order chi connectivity index (χ1) is 5.74. The molecule has 66 valence electrons. The van der Waals surface area contributed by atoms with E-state index < -0.39 is 6.10 Å². The van der Waals surface area contributed by atoms with Gasteiger partial charge in [0.05, 0.1) is 4.47 Å². The standard InChI is InChI=1S/C8H11BrN2O/c1-2-3-7(12)8-10-4-6(9)5-11-8/h4-5,7,12H,2-3H2,1H3. The van der Waals surface area contributed by atoms with Gasteiger partial charge >= 0.3 is 0 Å². The molecule has 0 aliphatic rings. The summed E-state index contributed by atoms with van der Waals surface area (Å²) in [5.41, 5.74) is 0. The van der Waals surface area contributed by atoms with Gasteiger partial charge in [-0.05, 0) is 22.4 Å². The Kier molecular flexibility index (Phi) is 3.62. The highest BCUT2D eigenvalue weighted by molar-refractivity contribution is 9.10. The number of hydrogen-bond acceptors (Lipinski definition) is 3. The highest BCUT2D eigenvalue weighted by atomic mass is 79.9. The number of rotatable bonds is 3. The van der Waals surface area contributed by atoms with Crippen molar-refractivity contribution in [3.8, 4) is 0 Å². The van der Waals surface area contributed by atoms with Crippen LogP contribution in [0.15, 0.2) is 16.9 Å². The van der Waals surface area contributed by atoms with Crippen molar-refractivity contribution in [3.63, 3.8) is 0 Å². The first kappa shape index (κ1) is 9.61. The van der Waals surface area contributed by atoms with Gasteiger partial charge in [-0.15, -0.1) is 0 Å². The molecule has 1 heterocycles. The molecule has 0 fully saturated rings. The van der Waals surface area contributed by atoms with E-state index in [9.17, 15) is 5.11 Å². The molecule has 0 aliphatic heterocycles. The van der Waals surface area contributed by atoms with Crippen molar-refractivity contribution in [1.29, 1.82) is 0 Å². The number of aliphatic hydroxyl groups is 1. The molecular weight excluding hydrogens is 220 g/mol. The fourth-order valence-electron chi connectivity index (χ4n) is 0.897. The van der Waals surface area contributed by atoms with E-state index in [4.69, 9.17) is 0 Å². The van der Waals surface area contributed by atoms with Crippen molar-refractivity contribution < 1.29 is 5.11 Å². The van der Waals surface area contributed by atoms with Crippen LogP contribution in [0.1, 0.15) is 31.7 Å². The van der Waals surface area contributed by atoms with E-state index in [0.717, 1.165) is 10.9 Å². The molecule has 1 aromatic heterocycles. The fraction of sp³-hybridized carbons (Fsp3) is 0.500. The molecule has 1 rings (SSSR count). The Morgan fingerprint density at radius 3 is 2.58 bits per heavy atom. The third kappa shape index (κ3) is 2.53. The minimum atomic E-state index is -0.525. The van der Waals surface area contributed by atoms with Gasteiger partial charge in [0.15, 0.2) is 5.82 Å². The largest absolute Gasteiger partial charge is 0.385 e. The SMILES string of the molecule is CCCC(O)c1ncc(Br)cn1. The molecule has 1 atom stereocenters. The maximum absolute atomic E-state index is 9.47. The van der Waals surface area contributed by atoms with Crippen molar-refractivity contribution in [2.24, 2.45) is 0 Å². The van der Waals surface area contributed by atoms with Crippen LogP contribution in [-0.4, -0.2) is 15.1 Å². The van der Waals surface area contributed by atoms with Gasteiger partial charge in [0.25, 0.3) is 0 Å². The van der Waals surface area contributed by atoms with Crippen LogP contribution in [0.2, 0.25) is 0 Å². The van der Waals surface area contributed by atoms with E-state index in [1.807, 2.05) is 6.92 Å². The van der Waals surface area contributed by atoms with E-state index in [1.54, 1.807) is 12.4 Å². The monoisotopic (exact) mass is 230 g/mol. The van der Waals surface area contributed by atoms with Gasteiger partial charge in [0.1, 0.15) is 6.10 Å². The van der Waals surface area contributed by atoms with Crippen LogP contribution >= 0.6 is 15.9 Å². The molecule has 0 aromatic carbocycles. The highest BCUT2D eigenvalue weighted by Gasteiger charge is 2.08. The lowest BCUT2D eigenvalue weighted by Gasteiger charge is -2.06. The lowest BCUT2D eigenvalue weighted by Crippen LogP contribution is -2.02. The van der Waals surface area contributed by atoms with Gasteiger partial charge in [-0.2, -0.15) is 0 Å². The lowest BCUT2D eigenvalue weighted by molar-refractivity contribution is 0.156. The smallest absolute Gasteiger partial charge is 0.156 e. The average Bonchev–Trinajstić information content (AvgIpc) is 2.06. The van der Waals surface area contributed by atoms with Gasteiger partial charge in [0.2, 0.25) is 0 Å². The molecule has 1 N–H and O–H groups in total. The molecule has 1 unspecified atom stereocenters. The summed E-state index contributed by atoms with van der Waals surface area (Å²) in [5, 5.41) is 9.47. The zero-order valence-electron chi connectivity index (χ0n) is 6.87. The first-order valence-corrected chi connectivity index (χ1v) is 4.69. The van der Waals surface area contributed by atoms with Crippen LogP contribution in [-0.2, 0) is 0 Å². The van der Waals surface area contributed by atoms with E-state index in [1.165, 1.54) is 0 Å². The molecule has 1 aromatic rings. The Hall–Kier alpha value is -0.480. The summed E-state index contributed by atoms with van der Waals surface area (Å²) in [7, 11) is 0. The van der Waals surface area contributed by atoms with Gasteiger partial charge in [0, 0.05) is 12.4 Å². The third-order valence-corrected chi connectivity index (χ3v) is 1.91. The van der Waals surface area contributed by atoms with Crippen molar-refractivity contribution in [3.05, 3.63) is 22.7 Å². The maximum Gasteiger partial charge on any atom is 0.156 e. The molecule has 0 bridgehead atoms. The van der Waals surface area contributed by atoms with E-state index >= 15 is 0 Å². The molecule has 0 saturated heterocycles. The molecular formula is C8H11BrN2O. The molecule has 3 nitrogen and oxygen atoms in total. The number of halogens is 1. The number of nitrogens with zero attached hydrogens (tertiary/aromatic N) is 2. The summed E-state index contributed by atoms with van der Waals surface area (Å²) in [6.07, 6.45) is 4.40. The topological polar surface area (TPSA) is 46.0 Å². The highest BCUT2D eigenvalue weighted by Crippen LogP contribution is 2.14. The van der Waals surface area contributed by atoms with E-state index in [0.29, 0.717) is 12.2 Å². The molecule has 0 amide bonds. The van der Waals surface area contributed by atoms with E-state index in [-0.39, 0.29) is 0 Å². The fourth-order valence-corrected chi connectivity index (χ4v) is 1.10. The summed E-state index contributed by atoms with van der Waals surface area (Å²) in [4.78, 5) is 7.98. The predicted molar refractivity (Wildman–Crippen MR) is 49.6 cm³/mol. The van der Waals surface area contributed by atoms with Crippen LogP contribution in [0, 0.1) is 0 Å². The van der Waals surface area contributed by atoms with Crippen LogP contribution in [0.4, 0.5) is 0 Å². The second-order valence-corrected chi connectivity index (χ2v) is 3.48. The van der Waals surface area contributed by atoms with Crippen molar-refractivity contribution in [1.82, 2.24) is 9.97 Å². The van der Waals surface area contributed by atoms with Gasteiger partial charge in [-0.1, -0.05) is 13.3 Å². The third-order valence-electron chi connectivity index (χ3n) is 1.50. The lowest BCUT2D eigenvalue weighted by atomic mass is 10.2. The molecule has 0 aliphatic carbocycles. The van der Waals surface area contributed by atoms with Crippen molar-refractivity contribution >= 4 is 15.9 Å².